The van der Waals surface area contributed by atoms with E-state index in [0.29, 0.717) is 32.3 Å². The molecule has 6 heteroatoms. The molecule has 1 fully saturated rings. The van der Waals surface area contributed by atoms with Crippen molar-refractivity contribution < 1.29 is 14.3 Å². The Balaban J connectivity index is 1.62. The Morgan fingerprint density at radius 1 is 1.24 bits per heavy atom. The molecule has 1 aromatic rings. The number of hydrogen-bond acceptors (Lipinski definition) is 5. The summed E-state index contributed by atoms with van der Waals surface area (Å²) in [6.07, 6.45) is 2.36. The third-order valence-electron chi connectivity index (χ3n) is 4.41. The van der Waals surface area contributed by atoms with Gasteiger partial charge in [-0.3, -0.25) is 9.69 Å². The molecule has 6 nitrogen and oxygen atoms in total. The van der Waals surface area contributed by atoms with Crippen molar-refractivity contribution in [1.29, 1.82) is 0 Å². The zero-order chi connectivity index (χ0) is 18.1. The summed E-state index contributed by atoms with van der Waals surface area (Å²) in [4.78, 5) is 16.6. The average molecular weight is 349 g/mol. The minimum Gasteiger partial charge on any atom is -0.494 e. The first-order valence-electron chi connectivity index (χ1n) is 9.09. The predicted octanol–water partition coefficient (Wildman–Crippen LogP) is 1.61. The van der Waals surface area contributed by atoms with Gasteiger partial charge in [-0.1, -0.05) is 0 Å². The highest BCUT2D eigenvalue weighted by molar-refractivity contribution is 5.78. The normalized spacial score (nSPS) is 18.2. The van der Waals surface area contributed by atoms with Crippen molar-refractivity contribution >= 4 is 5.91 Å². The minimum atomic E-state index is 0.0645. The number of piperidine rings is 1. The molecule has 1 aliphatic heterocycles. The maximum atomic E-state index is 12.1. The fourth-order valence-electron chi connectivity index (χ4n) is 3.01. The standard InChI is InChI=1S/C19H31N3O3/c1-4-24-17-7-9-18(10-8-17)25-13-11-20-19(23)15-22-12-5-6-16(14-22)21(2)3/h7-10,16H,4-6,11-15H2,1-3H3,(H,20,23). The van der Waals surface area contributed by atoms with Crippen LogP contribution in [-0.2, 0) is 4.79 Å². The van der Waals surface area contributed by atoms with E-state index in [1.807, 2.05) is 31.2 Å². The third-order valence-corrected chi connectivity index (χ3v) is 4.41. The Morgan fingerprint density at radius 2 is 1.92 bits per heavy atom. The number of hydrogen-bond donors (Lipinski definition) is 1. The number of carbonyl (C=O) groups is 1. The molecule has 0 spiro atoms. The van der Waals surface area contributed by atoms with E-state index in [0.717, 1.165) is 31.0 Å². The number of rotatable bonds is 9. The van der Waals surface area contributed by atoms with Crippen LogP contribution in [0.1, 0.15) is 19.8 Å². The SMILES string of the molecule is CCOc1ccc(OCCNC(=O)CN2CCCC(N(C)C)C2)cc1. The highest BCUT2D eigenvalue weighted by Gasteiger charge is 2.22. The fourth-order valence-corrected chi connectivity index (χ4v) is 3.01. The Morgan fingerprint density at radius 3 is 2.56 bits per heavy atom. The maximum absolute atomic E-state index is 12.1. The highest BCUT2D eigenvalue weighted by atomic mass is 16.5. The van der Waals surface area contributed by atoms with Crippen molar-refractivity contribution in [2.75, 3.05) is 53.5 Å². The zero-order valence-electron chi connectivity index (χ0n) is 15.7. The molecule has 1 unspecified atom stereocenters. The summed E-state index contributed by atoms with van der Waals surface area (Å²) in [5, 5.41) is 2.93. The molecule has 1 atom stereocenters. The number of ether oxygens (including phenoxy) is 2. The number of nitrogens with one attached hydrogen (secondary N) is 1. The van der Waals surface area contributed by atoms with Gasteiger partial charge in [-0.05, 0) is 64.7 Å². The quantitative estimate of drug-likeness (QED) is 0.687. The van der Waals surface area contributed by atoms with Crippen molar-refractivity contribution in [3.8, 4) is 11.5 Å². The van der Waals surface area contributed by atoms with Crippen LogP contribution in [0, 0.1) is 0 Å². The molecule has 25 heavy (non-hydrogen) atoms. The van der Waals surface area contributed by atoms with Crippen LogP contribution in [0.2, 0.25) is 0 Å². The molecule has 0 radical (unpaired) electrons. The van der Waals surface area contributed by atoms with E-state index in [-0.39, 0.29) is 5.91 Å². The lowest BCUT2D eigenvalue weighted by Gasteiger charge is -2.35. The molecular formula is C19H31N3O3. The van der Waals surface area contributed by atoms with Crippen LogP contribution in [0.3, 0.4) is 0 Å². The lowest BCUT2D eigenvalue weighted by atomic mass is 10.1. The molecular weight excluding hydrogens is 318 g/mol. The molecule has 1 amide bonds. The van der Waals surface area contributed by atoms with Gasteiger partial charge in [-0.15, -0.1) is 0 Å². The Hall–Kier alpha value is -1.79. The van der Waals surface area contributed by atoms with Gasteiger partial charge in [-0.25, -0.2) is 0 Å². The van der Waals surface area contributed by atoms with Gasteiger partial charge in [0.1, 0.15) is 18.1 Å². The molecule has 1 heterocycles. The van der Waals surface area contributed by atoms with E-state index in [2.05, 4.69) is 29.2 Å². The molecule has 1 saturated heterocycles. The van der Waals surface area contributed by atoms with Gasteiger partial charge in [-0.2, -0.15) is 0 Å². The minimum absolute atomic E-state index is 0.0645. The highest BCUT2D eigenvalue weighted by Crippen LogP contribution is 2.17. The Bertz CT molecular complexity index is 519. The monoisotopic (exact) mass is 349 g/mol. The number of amides is 1. The van der Waals surface area contributed by atoms with Gasteiger partial charge < -0.3 is 19.7 Å². The van der Waals surface area contributed by atoms with Crippen molar-refractivity contribution in [2.24, 2.45) is 0 Å². The maximum Gasteiger partial charge on any atom is 0.234 e. The van der Waals surface area contributed by atoms with E-state index in [1.54, 1.807) is 0 Å². The summed E-state index contributed by atoms with van der Waals surface area (Å²) in [7, 11) is 4.21. The largest absolute Gasteiger partial charge is 0.494 e. The van der Waals surface area contributed by atoms with Crippen LogP contribution in [-0.4, -0.2) is 75.2 Å². The van der Waals surface area contributed by atoms with Gasteiger partial charge in [0.15, 0.2) is 0 Å². The Kier molecular flexibility index (Phi) is 8.01. The van der Waals surface area contributed by atoms with Gasteiger partial charge in [0.25, 0.3) is 0 Å². The number of benzene rings is 1. The predicted molar refractivity (Wildman–Crippen MR) is 99.3 cm³/mol. The van der Waals surface area contributed by atoms with Crippen molar-refractivity contribution in [3.63, 3.8) is 0 Å². The topological polar surface area (TPSA) is 54.0 Å². The first-order valence-corrected chi connectivity index (χ1v) is 9.09. The molecule has 1 aliphatic rings. The van der Waals surface area contributed by atoms with Gasteiger partial charge in [0.05, 0.1) is 19.7 Å². The second kappa shape index (κ2) is 10.3. The van der Waals surface area contributed by atoms with E-state index in [4.69, 9.17) is 9.47 Å². The molecule has 0 saturated carbocycles. The lowest BCUT2D eigenvalue weighted by Crippen LogP contribution is -2.48. The number of nitrogens with zero attached hydrogens (tertiary/aromatic N) is 2. The average Bonchev–Trinajstić information content (AvgIpc) is 2.60. The smallest absolute Gasteiger partial charge is 0.234 e. The molecule has 140 valence electrons. The fraction of sp³-hybridized carbons (Fsp3) is 0.632. The van der Waals surface area contributed by atoms with E-state index in [1.165, 1.54) is 6.42 Å². The number of carbonyl (C=O) groups excluding carboxylic acids is 1. The van der Waals surface area contributed by atoms with Gasteiger partial charge >= 0.3 is 0 Å². The lowest BCUT2D eigenvalue weighted by molar-refractivity contribution is -0.122. The van der Waals surface area contributed by atoms with Crippen LogP contribution in [0.5, 0.6) is 11.5 Å². The van der Waals surface area contributed by atoms with Crippen LogP contribution < -0.4 is 14.8 Å². The first-order chi connectivity index (χ1) is 12.1. The molecule has 2 rings (SSSR count). The van der Waals surface area contributed by atoms with Gasteiger partial charge in [0.2, 0.25) is 5.91 Å². The van der Waals surface area contributed by atoms with Gasteiger partial charge in [0, 0.05) is 12.6 Å². The number of likely N-dealkylation sites (tertiary alicyclic amines) is 1. The Labute approximate surface area is 151 Å². The zero-order valence-corrected chi connectivity index (χ0v) is 15.7. The summed E-state index contributed by atoms with van der Waals surface area (Å²) in [5.74, 6) is 1.68. The molecule has 1 N–H and O–H groups in total. The summed E-state index contributed by atoms with van der Waals surface area (Å²) < 4.78 is 11.0. The van der Waals surface area contributed by atoms with E-state index < -0.39 is 0 Å². The summed E-state index contributed by atoms with van der Waals surface area (Å²) in [5.41, 5.74) is 0. The van der Waals surface area contributed by atoms with Crippen LogP contribution >= 0.6 is 0 Å². The van der Waals surface area contributed by atoms with Crippen molar-refractivity contribution in [3.05, 3.63) is 24.3 Å². The number of likely N-dealkylation sites (N-methyl/N-ethyl adjacent to an activating group) is 1. The third kappa shape index (κ3) is 6.92. The second-order valence-corrected chi connectivity index (χ2v) is 6.60. The van der Waals surface area contributed by atoms with Crippen LogP contribution in [0.15, 0.2) is 24.3 Å². The molecule has 0 bridgehead atoms. The van der Waals surface area contributed by atoms with E-state index >= 15 is 0 Å². The molecule has 0 aliphatic carbocycles. The van der Waals surface area contributed by atoms with E-state index in [9.17, 15) is 4.79 Å². The van der Waals surface area contributed by atoms with Crippen LogP contribution in [0.4, 0.5) is 0 Å². The summed E-state index contributed by atoms with van der Waals surface area (Å²) >= 11 is 0. The summed E-state index contributed by atoms with van der Waals surface area (Å²) in [6.45, 7) is 6.00. The summed E-state index contributed by atoms with van der Waals surface area (Å²) in [6, 6.07) is 8.07. The first kappa shape index (κ1) is 19.5. The van der Waals surface area contributed by atoms with Crippen molar-refractivity contribution in [1.82, 2.24) is 15.1 Å². The molecule has 1 aromatic carbocycles. The van der Waals surface area contributed by atoms with Crippen molar-refractivity contribution in [2.45, 2.75) is 25.8 Å². The second-order valence-electron chi connectivity index (χ2n) is 6.60. The molecule has 0 aromatic heterocycles. The van der Waals surface area contributed by atoms with Crippen LogP contribution in [0.25, 0.3) is 0 Å².